The molecule has 0 aliphatic rings. The maximum absolute atomic E-state index is 11.8. The van der Waals surface area contributed by atoms with Gasteiger partial charge in [-0.05, 0) is 6.42 Å². The van der Waals surface area contributed by atoms with Crippen LogP contribution in [0.2, 0.25) is 5.02 Å². The van der Waals surface area contributed by atoms with Crippen molar-refractivity contribution in [1.82, 2.24) is 14.9 Å². The fourth-order valence-electron chi connectivity index (χ4n) is 1.53. The van der Waals surface area contributed by atoms with Crippen molar-refractivity contribution < 1.29 is 4.79 Å². The number of hydrogen-bond acceptors (Lipinski definition) is 5. The lowest BCUT2D eigenvalue weighted by Crippen LogP contribution is -2.37. The number of rotatable bonds is 6. The molecule has 0 bridgehead atoms. The summed E-state index contributed by atoms with van der Waals surface area (Å²) in [7, 11) is 5.20. The van der Waals surface area contributed by atoms with Gasteiger partial charge < -0.3 is 15.1 Å². The Balaban J connectivity index is 3.00. The zero-order chi connectivity index (χ0) is 14.4. The van der Waals surface area contributed by atoms with Gasteiger partial charge in [0.05, 0.1) is 12.7 Å². The highest BCUT2D eigenvalue weighted by Gasteiger charge is 2.17. The van der Waals surface area contributed by atoms with Crippen molar-refractivity contribution >= 4 is 29.3 Å². The van der Waals surface area contributed by atoms with E-state index in [0.717, 1.165) is 6.42 Å². The highest BCUT2D eigenvalue weighted by Crippen LogP contribution is 2.23. The third kappa shape index (κ3) is 4.24. The number of aromatic nitrogens is 2. The molecule has 0 aromatic carbocycles. The van der Waals surface area contributed by atoms with Crippen LogP contribution >= 0.6 is 11.6 Å². The van der Waals surface area contributed by atoms with Crippen LogP contribution in [0.1, 0.15) is 13.3 Å². The van der Waals surface area contributed by atoms with E-state index in [1.54, 1.807) is 32.2 Å². The van der Waals surface area contributed by atoms with Crippen LogP contribution in [0.15, 0.2) is 6.20 Å². The molecule has 1 heterocycles. The van der Waals surface area contributed by atoms with Gasteiger partial charge in [-0.1, -0.05) is 18.5 Å². The summed E-state index contributed by atoms with van der Waals surface area (Å²) in [4.78, 5) is 23.6. The van der Waals surface area contributed by atoms with Crippen molar-refractivity contribution in [2.45, 2.75) is 13.3 Å². The normalized spacial score (nSPS) is 10.2. The van der Waals surface area contributed by atoms with Gasteiger partial charge in [0.25, 0.3) is 0 Å². The number of nitrogens with one attached hydrogen (secondary N) is 1. The molecule has 0 unspecified atom stereocenters. The van der Waals surface area contributed by atoms with Crippen molar-refractivity contribution in [2.24, 2.45) is 0 Å². The molecule has 0 radical (unpaired) electrons. The first-order valence-corrected chi connectivity index (χ1v) is 6.52. The topological polar surface area (TPSA) is 61.4 Å². The number of carbonyl (C=O) groups is 1. The van der Waals surface area contributed by atoms with Gasteiger partial charge in [0, 0.05) is 27.7 Å². The Morgan fingerprint density at radius 1 is 1.47 bits per heavy atom. The molecule has 0 aliphatic heterocycles. The average molecular weight is 286 g/mol. The highest BCUT2D eigenvalue weighted by molar-refractivity contribution is 6.32. The lowest BCUT2D eigenvalue weighted by atomic mass is 10.3. The van der Waals surface area contributed by atoms with E-state index < -0.39 is 0 Å². The molecule has 19 heavy (non-hydrogen) atoms. The molecule has 1 rings (SSSR count). The van der Waals surface area contributed by atoms with E-state index in [-0.39, 0.29) is 12.5 Å². The van der Waals surface area contributed by atoms with Gasteiger partial charge in [0.2, 0.25) is 11.9 Å². The fraction of sp³-hybridized carbons (Fsp3) is 0.583. The molecule has 0 saturated heterocycles. The minimum Gasteiger partial charge on any atom is -0.357 e. The van der Waals surface area contributed by atoms with Crippen LogP contribution in [0, 0.1) is 0 Å². The molecule has 0 atom stereocenters. The third-order valence-electron chi connectivity index (χ3n) is 2.57. The van der Waals surface area contributed by atoms with Crippen molar-refractivity contribution in [2.75, 3.05) is 44.4 Å². The van der Waals surface area contributed by atoms with Crippen LogP contribution in [0.25, 0.3) is 0 Å². The molecule has 0 spiro atoms. The third-order valence-corrected chi connectivity index (χ3v) is 2.83. The van der Waals surface area contributed by atoms with E-state index in [0.29, 0.717) is 23.3 Å². The van der Waals surface area contributed by atoms with Gasteiger partial charge in [0.15, 0.2) is 5.82 Å². The fourth-order valence-corrected chi connectivity index (χ4v) is 1.75. The lowest BCUT2D eigenvalue weighted by molar-refractivity contribution is -0.127. The molecule has 6 nitrogen and oxygen atoms in total. The van der Waals surface area contributed by atoms with Crippen LogP contribution in [-0.2, 0) is 4.79 Å². The summed E-state index contributed by atoms with van der Waals surface area (Å²) in [5.41, 5.74) is 0. The van der Waals surface area contributed by atoms with Gasteiger partial charge in [0.1, 0.15) is 5.02 Å². The van der Waals surface area contributed by atoms with E-state index in [9.17, 15) is 4.79 Å². The summed E-state index contributed by atoms with van der Waals surface area (Å²) in [6.07, 6.45) is 2.44. The van der Waals surface area contributed by atoms with Gasteiger partial charge in [-0.3, -0.25) is 4.79 Å². The Morgan fingerprint density at radius 2 is 2.16 bits per heavy atom. The second-order valence-corrected chi connectivity index (χ2v) is 4.73. The van der Waals surface area contributed by atoms with Gasteiger partial charge in [-0.2, -0.15) is 4.98 Å². The van der Waals surface area contributed by atoms with Crippen LogP contribution in [-0.4, -0.2) is 55.0 Å². The van der Waals surface area contributed by atoms with Gasteiger partial charge >= 0.3 is 0 Å². The predicted octanol–water partition coefficient (Wildman–Crippen LogP) is 1.48. The Labute approximate surface area is 118 Å². The maximum atomic E-state index is 11.8. The van der Waals surface area contributed by atoms with E-state index in [2.05, 4.69) is 15.3 Å². The Bertz CT molecular complexity index is 438. The van der Waals surface area contributed by atoms with E-state index in [4.69, 9.17) is 11.6 Å². The Morgan fingerprint density at radius 3 is 2.68 bits per heavy atom. The van der Waals surface area contributed by atoms with Gasteiger partial charge in [-0.15, -0.1) is 0 Å². The SMILES string of the molecule is CCCN(CC(=O)N(C)C)c1nc(NC)ncc1Cl. The molecule has 7 heteroatoms. The summed E-state index contributed by atoms with van der Waals surface area (Å²) in [5.74, 6) is 1.07. The first-order chi connectivity index (χ1) is 8.99. The van der Waals surface area contributed by atoms with Crippen molar-refractivity contribution in [3.63, 3.8) is 0 Å². The van der Waals surface area contributed by atoms with Crippen molar-refractivity contribution in [1.29, 1.82) is 0 Å². The molecule has 0 aliphatic carbocycles. The summed E-state index contributed by atoms with van der Waals surface area (Å²) in [6, 6.07) is 0. The number of likely N-dealkylation sites (N-methyl/N-ethyl adjacent to an activating group) is 1. The molecule has 1 amide bonds. The summed E-state index contributed by atoms with van der Waals surface area (Å²) in [6.45, 7) is 3.00. The van der Waals surface area contributed by atoms with E-state index >= 15 is 0 Å². The van der Waals surface area contributed by atoms with E-state index in [1.165, 1.54) is 0 Å². The Kier molecular flexibility index (Phi) is 5.82. The number of nitrogens with zero attached hydrogens (tertiary/aromatic N) is 4. The first-order valence-electron chi connectivity index (χ1n) is 6.15. The molecule has 1 aromatic heterocycles. The summed E-state index contributed by atoms with van der Waals surface area (Å²) in [5, 5.41) is 3.31. The van der Waals surface area contributed by atoms with Crippen LogP contribution in [0.3, 0.4) is 0 Å². The quantitative estimate of drug-likeness (QED) is 0.858. The lowest BCUT2D eigenvalue weighted by Gasteiger charge is -2.25. The minimum atomic E-state index is 0.00846. The van der Waals surface area contributed by atoms with Gasteiger partial charge in [-0.25, -0.2) is 4.98 Å². The largest absolute Gasteiger partial charge is 0.357 e. The number of carbonyl (C=O) groups excluding carboxylic acids is 1. The summed E-state index contributed by atoms with van der Waals surface area (Å²) < 4.78 is 0. The van der Waals surface area contributed by atoms with Crippen molar-refractivity contribution in [3.8, 4) is 0 Å². The number of halogens is 1. The molecule has 0 saturated carbocycles. The molecule has 1 N–H and O–H groups in total. The molecular weight excluding hydrogens is 266 g/mol. The number of anilines is 2. The molecular formula is C12H20ClN5O. The second-order valence-electron chi connectivity index (χ2n) is 4.32. The van der Waals surface area contributed by atoms with E-state index in [1.807, 2.05) is 11.8 Å². The van der Waals surface area contributed by atoms with Crippen LogP contribution < -0.4 is 10.2 Å². The summed E-state index contributed by atoms with van der Waals surface area (Å²) >= 11 is 6.13. The predicted molar refractivity (Wildman–Crippen MR) is 77.8 cm³/mol. The standard InChI is InChI=1S/C12H20ClN5O/c1-5-6-18(8-10(19)17(3)4)11-9(13)7-15-12(14-2)16-11/h7H,5-6,8H2,1-4H3,(H,14,15,16). The smallest absolute Gasteiger partial charge is 0.241 e. The zero-order valence-electron chi connectivity index (χ0n) is 11.8. The van der Waals surface area contributed by atoms with Crippen LogP contribution in [0.4, 0.5) is 11.8 Å². The maximum Gasteiger partial charge on any atom is 0.241 e. The Hall–Kier alpha value is -1.56. The zero-order valence-corrected chi connectivity index (χ0v) is 12.5. The monoisotopic (exact) mass is 285 g/mol. The van der Waals surface area contributed by atoms with Crippen LogP contribution in [0.5, 0.6) is 0 Å². The van der Waals surface area contributed by atoms with Crippen molar-refractivity contribution in [3.05, 3.63) is 11.2 Å². The molecule has 0 fully saturated rings. The average Bonchev–Trinajstić information content (AvgIpc) is 2.38. The number of amides is 1. The minimum absolute atomic E-state index is 0.00846. The highest BCUT2D eigenvalue weighted by atomic mass is 35.5. The molecule has 106 valence electrons. The number of hydrogen-bond donors (Lipinski definition) is 1. The first kappa shape index (κ1) is 15.5. The second kappa shape index (κ2) is 7.13. The molecule has 1 aromatic rings.